The number of nitrogens with zero attached hydrogens (tertiary/aromatic N) is 1. The summed E-state index contributed by atoms with van der Waals surface area (Å²) in [6.07, 6.45) is 5.81. The van der Waals surface area contributed by atoms with Gasteiger partial charge in [-0.1, -0.05) is 5.92 Å². The highest BCUT2D eigenvalue weighted by Gasteiger charge is 2.50. The van der Waals surface area contributed by atoms with E-state index in [1.54, 1.807) is 14.0 Å². The third-order valence-electron chi connectivity index (χ3n) is 5.47. The number of nitrogens with one attached hydrogen (secondary N) is 1. The predicted octanol–water partition coefficient (Wildman–Crippen LogP) is 2.69. The third-order valence-corrected chi connectivity index (χ3v) is 5.47. The molecule has 0 aromatic heterocycles. The highest BCUT2D eigenvalue weighted by molar-refractivity contribution is 6.24. The van der Waals surface area contributed by atoms with Crippen molar-refractivity contribution in [3.05, 3.63) is 40.1 Å². The highest BCUT2D eigenvalue weighted by Crippen LogP contribution is 2.42. The summed E-state index contributed by atoms with van der Waals surface area (Å²) in [5.74, 6) is 2.67. The number of amides is 1. The number of rotatable bonds is 4. The molecule has 2 aliphatic heterocycles. The quantitative estimate of drug-likeness (QED) is 0.621. The molecule has 29 heavy (non-hydrogen) atoms. The molecule has 7 nitrogen and oxygen atoms in total. The fourth-order valence-electron chi connectivity index (χ4n) is 4.13. The summed E-state index contributed by atoms with van der Waals surface area (Å²) in [4.78, 5) is 30.6. The Bertz CT molecular complexity index is 881. The number of hydrogen-bond acceptors (Lipinski definition) is 6. The molecular formula is C22H26N2O5. The number of carbonyl (C=O) groups is 2. The van der Waals surface area contributed by atoms with Crippen LogP contribution in [0, 0.1) is 26.2 Å². The maximum absolute atomic E-state index is 13.1. The van der Waals surface area contributed by atoms with Crippen LogP contribution >= 0.6 is 0 Å². The van der Waals surface area contributed by atoms with Crippen molar-refractivity contribution in [2.24, 2.45) is 0 Å². The molecule has 0 aliphatic carbocycles. The highest BCUT2D eigenvalue weighted by atomic mass is 16.7. The number of hydrogen-bond donors (Lipinski definition) is 1. The Kier molecular flexibility index (Phi) is 5.96. The molecule has 154 valence electrons. The van der Waals surface area contributed by atoms with Crippen LogP contribution in [0.2, 0.25) is 0 Å². The number of aryl methyl sites for hydroxylation is 2. The molecule has 7 heteroatoms. The lowest BCUT2D eigenvalue weighted by molar-refractivity contribution is -0.152. The first-order valence-corrected chi connectivity index (χ1v) is 9.64. The number of benzene rings is 1. The predicted molar refractivity (Wildman–Crippen MR) is 108 cm³/mol. The Morgan fingerprint density at radius 1 is 1.28 bits per heavy atom. The van der Waals surface area contributed by atoms with Crippen LogP contribution in [0.3, 0.4) is 0 Å². The summed E-state index contributed by atoms with van der Waals surface area (Å²) in [6, 6.07) is 3.70. The maximum Gasteiger partial charge on any atom is 0.513 e. The Labute approximate surface area is 170 Å². The van der Waals surface area contributed by atoms with Gasteiger partial charge in [0.05, 0.1) is 19.3 Å². The van der Waals surface area contributed by atoms with Crippen LogP contribution in [0.1, 0.15) is 42.0 Å². The second-order valence-corrected chi connectivity index (χ2v) is 7.27. The molecule has 0 atom stereocenters. The molecule has 0 saturated carbocycles. The maximum atomic E-state index is 13.1. The van der Waals surface area contributed by atoms with Gasteiger partial charge in [0.2, 0.25) is 0 Å². The van der Waals surface area contributed by atoms with Gasteiger partial charge >= 0.3 is 6.16 Å². The zero-order valence-electron chi connectivity index (χ0n) is 17.3. The average molecular weight is 398 g/mol. The zero-order chi connectivity index (χ0) is 21.2. The Morgan fingerprint density at radius 3 is 2.41 bits per heavy atom. The lowest BCUT2D eigenvalue weighted by Gasteiger charge is -2.38. The van der Waals surface area contributed by atoms with E-state index in [2.05, 4.69) is 11.2 Å². The van der Waals surface area contributed by atoms with Crippen molar-refractivity contribution in [2.45, 2.75) is 39.2 Å². The molecule has 2 heterocycles. The van der Waals surface area contributed by atoms with Crippen molar-refractivity contribution in [1.82, 2.24) is 10.4 Å². The van der Waals surface area contributed by atoms with E-state index in [1.807, 2.05) is 31.0 Å². The lowest BCUT2D eigenvalue weighted by atomic mass is 9.85. The Morgan fingerprint density at radius 2 is 1.90 bits per heavy atom. The summed E-state index contributed by atoms with van der Waals surface area (Å²) < 4.78 is 10.7. The van der Waals surface area contributed by atoms with Crippen LogP contribution < -0.4 is 5.32 Å². The fourth-order valence-corrected chi connectivity index (χ4v) is 4.13. The van der Waals surface area contributed by atoms with Gasteiger partial charge in [0.25, 0.3) is 5.91 Å². The standard InChI is InChI=1S/C22H26N2O5/c1-6-16-12-14(3)17(15(4)13-16)18-19(29-21(26)28-7-2)22(23-20(18)25)8-10-24(27-5)11-9-22/h1,12-13H,7-11H2,2-5H3,(H,23,25). The molecule has 2 aliphatic rings. The number of terminal acetylenes is 1. The minimum atomic E-state index is -0.819. The summed E-state index contributed by atoms with van der Waals surface area (Å²) in [6.45, 7) is 6.85. The summed E-state index contributed by atoms with van der Waals surface area (Å²) in [5.41, 5.74) is 2.74. The first kappa shape index (κ1) is 20.9. The van der Waals surface area contributed by atoms with E-state index >= 15 is 0 Å². The van der Waals surface area contributed by atoms with Crippen LogP contribution in [0.25, 0.3) is 5.57 Å². The minimum absolute atomic E-state index is 0.183. The van der Waals surface area contributed by atoms with Crippen LogP contribution in [0.4, 0.5) is 4.79 Å². The van der Waals surface area contributed by atoms with Gasteiger partial charge < -0.3 is 19.6 Å². The smallest absolute Gasteiger partial charge is 0.434 e. The van der Waals surface area contributed by atoms with E-state index in [1.165, 1.54) is 0 Å². The van der Waals surface area contributed by atoms with Gasteiger partial charge in [0, 0.05) is 18.7 Å². The SMILES string of the molecule is C#Cc1cc(C)c(C2=C(OC(=O)OCC)C3(CCN(OC)CC3)NC2=O)c(C)c1. The fraction of sp³-hybridized carbons (Fsp3) is 0.455. The molecule has 1 N–H and O–H groups in total. The molecule has 1 aromatic rings. The molecule has 1 saturated heterocycles. The average Bonchev–Trinajstić information content (AvgIpc) is 2.93. The minimum Gasteiger partial charge on any atom is -0.434 e. The van der Waals surface area contributed by atoms with Gasteiger partial charge in [-0.05, 0) is 62.4 Å². The van der Waals surface area contributed by atoms with Crippen LogP contribution in [-0.4, -0.2) is 49.5 Å². The van der Waals surface area contributed by atoms with E-state index in [0.717, 1.165) is 22.3 Å². The van der Waals surface area contributed by atoms with E-state index in [4.69, 9.17) is 20.7 Å². The third kappa shape index (κ3) is 3.86. The van der Waals surface area contributed by atoms with Gasteiger partial charge in [0.1, 0.15) is 5.54 Å². The van der Waals surface area contributed by atoms with Gasteiger partial charge in [-0.25, -0.2) is 4.79 Å². The van der Waals surface area contributed by atoms with E-state index in [0.29, 0.717) is 37.3 Å². The van der Waals surface area contributed by atoms with E-state index < -0.39 is 11.7 Å². The molecule has 1 fully saturated rings. The van der Waals surface area contributed by atoms with Gasteiger partial charge in [-0.15, -0.1) is 6.42 Å². The monoisotopic (exact) mass is 398 g/mol. The Hall–Kier alpha value is -2.82. The van der Waals surface area contributed by atoms with Gasteiger partial charge in [0.15, 0.2) is 5.76 Å². The van der Waals surface area contributed by atoms with E-state index in [9.17, 15) is 9.59 Å². The first-order chi connectivity index (χ1) is 13.8. The van der Waals surface area contributed by atoms with Crippen molar-refractivity contribution in [2.75, 3.05) is 26.8 Å². The molecule has 0 bridgehead atoms. The molecule has 0 unspecified atom stereocenters. The van der Waals surface area contributed by atoms with Crippen molar-refractivity contribution in [1.29, 1.82) is 0 Å². The van der Waals surface area contributed by atoms with Crippen LogP contribution in [0.5, 0.6) is 0 Å². The molecular weight excluding hydrogens is 372 g/mol. The zero-order valence-corrected chi connectivity index (χ0v) is 17.3. The molecule has 1 amide bonds. The van der Waals surface area contributed by atoms with Gasteiger partial charge in [-0.2, -0.15) is 5.06 Å². The van der Waals surface area contributed by atoms with Crippen molar-refractivity contribution >= 4 is 17.6 Å². The summed E-state index contributed by atoms with van der Waals surface area (Å²) in [5, 5.41) is 4.89. The second-order valence-electron chi connectivity index (χ2n) is 7.27. The lowest BCUT2D eigenvalue weighted by Crippen LogP contribution is -2.53. The van der Waals surface area contributed by atoms with Crippen molar-refractivity contribution in [3.63, 3.8) is 0 Å². The molecule has 3 rings (SSSR count). The van der Waals surface area contributed by atoms with Crippen molar-refractivity contribution < 1.29 is 23.9 Å². The van der Waals surface area contributed by atoms with Crippen molar-refractivity contribution in [3.8, 4) is 12.3 Å². The Balaban J connectivity index is 2.14. The number of carbonyl (C=O) groups excluding carboxylic acids is 2. The van der Waals surface area contributed by atoms with Crippen LogP contribution in [-0.2, 0) is 19.1 Å². The molecule has 1 spiro atoms. The normalized spacial score (nSPS) is 18.5. The number of piperidine rings is 1. The van der Waals surface area contributed by atoms with Crippen LogP contribution in [0.15, 0.2) is 17.9 Å². The second kappa shape index (κ2) is 8.27. The van der Waals surface area contributed by atoms with Gasteiger partial charge in [-0.3, -0.25) is 4.79 Å². The molecule has 1 aromatic carbocycles. The number of hydroxylamine groups is 2. The van der Waals surface area contributed by atoms with E-state index in [-0.39, 0.29) is 12.5 Å². The first-order valence-electron chi connectivity index (χ1n) is 9.64. The summed E-state index contributed by atoms with van der Waals surface area (Å²) in [7, 11) is 1.61. The largest absolute Gasteiger partial charge is 0.513 e. The topological polar surface area (TPSA) is 77.1 Å². The number of ether oxygens (including phenoxy) is 2. The molecule has 0 radical (unpaired) electrons. The summed E-state index contributed by atoms with van der Waals surface area (Å²) >= 11 is 0.